The van der Waals surface area contributed by atoms with Crippen molar-refractivity contribution in [3.8, 4) is 0 Å². The third-order valence-corrected chi connectivity index (χ3v) is 2.08. The molecule has 0 unspecified atom stereocenters. The van der Waals surface area contributed by atoms with Crippen LogP contribution >= 0.6 is 104 Å². The summed E-state index contributed by atoms with van der Waals surface area (Å²) >= 11 is 42.6. The number of alkyl halides is 9. The van der Waals surface area contributed by atoms with Crippen LogP contribution < -0.4 is 15.3 Å². The monoisotopic (exact) mass is 552 g/mol. The third-order valence-electron chi connectivity index (χ3n) is 0.694. The molecule has 126 valence electrons. The Hall–Kier alpha value is 1.66. The van der Waals surface area contributed by atoms with E-state index in [1.54, 1.807) is 0 Å². The van der Waals surface area contributed by atoms with E-state index in [9.17, 15) is 29.7 Å². The number of hydrogen-bond acceptors (Lipinski definition) is 6. The first-order valence-corrected chi connectivity index (χ1v) is 7.08. The zero-order valence-electron chi connectivity index (χ0n) is 9.43. The van der Waals surface area contributed by atoms with Crippen molar-refractivity contribution < 1.29 is 29.7 Å². The van der Waals surface area contributed by atoms with Crippen LogP contribution in [0, 0.1) is 0 Å². The molecule has 0 aliphatic rings. The maximum atomic E-state index is 9.51. The number of carboxylic acid groups (broad SMARTS) is 3. The molecule has 16 heteroatoms. The summed E-state index contributed by atoms with van der Waals surface area (Å²) in [5, 5.41) is 28.5. The van der Waals surface area contributed by atoms with Gasteiger partial charge in [0.25, 0.3) is 0 Å². The fourth-order valence-corrected chi connectivity index (χ4v) is 0. The molecular formula is C6Cl9GaO6. The number of hydrogen-bond donors (Lipinski definition) is 0. The zero-order valence-corrected chi connectivity index (χ0v) is 18.7. The van der Waals surface area contributed by atoms with E-state index in [1.807, 2.05) is 0 Å². The molecule has 22 heavy (non-hydrogen) atoms. The summed E-state index contributed by atoms with van der Waals surface area (Å²) in [7, 11) is 0. The molecule has 0 atom stereocenters. The van der Waals surface area contributed by atoms with Gasteiger partial charge in [-0.3, -0.25) is 0 Å². The van der Waals surface area contributed by atoms with Crippen molar-refractivity contribution in [2.45, 2.75) is 11.4 Å². The van der Waals surface area contributed by atoms with Crippen molar-refractivity contribution in [1.29, 1.82) is 0 Å². The molecule has 0 heterocycles. The zero-order chi connectivity index (χ0) is 18.2. The van der Waals surface area contributed by atoms with Crippen LogP contribution in [0.5, 0.6) is 0 Å². The Morgan fingerprint density at radius 1 is 0.500 bits per heavy atom. The van der Waals surface area contributed by atoms with Crippen LogP contribution in [-0.2, 0) is 14.4 Å². The van der Waals surface area contributed by atoms with Gasteiger partial charge < -0.3 is 29.7 Å². The quantitative estimate of drug-likeness (QED) is 0.305. The predicted molar refractivity (Wildman–Crippen MR) is 81.6 cm³/mol. The standard InChI is InChI=1S/3C2HCl3O2.Ga/c3*3-2(4,5)1(6)7;/h3*(H,6,7);/q;;;+3/p-3. The van der Waals surface area contributed by atoms with Crippen molar-refractivity contribution in [3.05, 3.63) is 0 Å². The van der Waals surface area contributed by atoms with Crippen LogP contribution in [-0.4, -0.2) is 49.1 Å². The van der Waals surface area contributed by atoms with Gasteiger partial charge in [-0.25, -0.2) is 0 Å². The third kappa shape index (κ3) is 23.9. The summed E-state index contributed by atoms with van der Waals surface area (Å²) < 4.78 is -6.83. The molecule has 0 fully saturated rings. The largest absolute Gasteiger partial charge is 3.00 e. The topological polar surface area (TPSA) is 120 Å². The molecular weight excluding hydrogens is 557 g/mol. The molecule has 0 radical (unpaired) electrons. The molecule has 0 aromatic heterocycles. The van der Waals surface area contributed by atoms with E-state index in [-0.39, 0.29) is 19.8 Å². The summed E-state index contributed by atoms with van der Waals surface area (Å²) in [4.78, 5) is 28.5. The van der Waals surface area contributed by atoms with E-state index in [0.717, 1.165) is 0 Å². The predicted octanol–water partition coefficient (Wildman–Crippen LogP) is -0.0613. The van der Waals surface area contributed by atoms with Crippen molar-refractivity contribution in [2.24, 2.45) is 0 Å². The molecule has 6 nitrogen and oxygen atoms in total. The Balaban J connectivity index is -0.000000108. The van der Waals surface area contributed by atoms with Gasteiger partial charge in [0.1, 0.15) is 0 Å². The normalized spacial score (nSPS) is 10.8. The molecule has 0 aromatic rings. The van der Waals surface area contributed by atoms with Gasteiger partial charge in [-0.15, -0.1) is 0 Å². The molecule has 0 bridgehead atoms. The van der Waals surface area contributed by atoms with Crippen LogP contribution in [0.4, 0.5) is 0 Å². The average molecular weight is 557 g/mol. The minimum Gasteiger partial charge on any atom is -0.545 e. The first-order valence-electron chi connectivity index (χ1n) is 3.68. The van der Waals surface area contributed by atoms with Gasteiger partial charge in [-0.1, -0.05) is 104 Å². The fourth-order valence-electron chi connectivity index (χ4n) is 0. The van der Waals surface area contributed by atoms with Gasteiger partial charge in [0.15, 0.2) is 0 Å². The number of carbonyl (C=O) groups excluding carboxylic acids is 3. The molecule has 0 saturated carbocycles. The maximum absolute atomic E-state index is 9.51. The molecule has 0 rings (SSSR count). The van der Waals surface area contributed by atoms with Gasteiger partial charge in [-0.2, -0.15) is 0 Å². The van der Waals surface area contributed by atoms with Gasteiger partial charge in [0, 0.05) is 0 Å². The average Bonchev–Trinajstić information content (AvgIpc) is 2.14. The van der Waals surface area contributed by atoms with E-state index >= 15 is 0 Å². The summed E-state index contributed by atoms with van der Waals surface area (Å²) in [6.45, 7) is 0. The summed E-state index contributed by atoms with van der Waals surface area (Å²) in [6, 6.07) is 0. The second-order valence-corrected chi connectivity index (χ2v) is 9.20. The van der Waals surface area contributed by atoms with Crippen LogP contribution in [0.2, 0.25) is 0 Å². The summed E-state index contributed by atoms with van der Waals surface area (Å²) in [5.41, 5.74) is 0. The van der Waals surface area contributed by atoms with E-state index in [4.69, 9.17) is 104 Å². The van der Waals surface area contributed by atoms with Crippen molar-refractivity contribution >= 4 is 142 Å². The Kier molecular flexibility index (Phi) is 18.5. The van der Waals surface area contributed by atoms with Gasteiger partial charge in [0.2, 0.25) is 11.4 Å². The first-order chi connectivity index (χ1) is 8.83. The van der Waals surface area contributed by atoms with Crippen molar-refractivity contribution in [3.63, 3.8) is 0 Å². The minimum atomic E-state index is -2.28. The molecule has 0 N–H and O–H groups in total. The van der Waals surface area contributed by atoms with Crippen LogP contribution in [0.25, 0.3) is 0 Å². The van der Waals surface area contributed by atoms with Gasteiger partial charge >= 0.3 is 19.8 Å². The molecule has 0 saturated heterocycles. The summed E-state index contributed by atoms with van der Waals surface area (Å²) in [5.74, 6) is -5.13. The van der Waals surface area contributed by atoms with E-state index in [1.165, 1.54) is 0 Å². The number of carboxylic acids is 3. The van der Waals surface area contributed by atoms with E-state index < -0.39 is 29.3 Å². The number of halogens is 9. The van der Waals surface area contributed by atoms with Gasteiger partial charge in [-0.05, 0) is 0 Å². The summed E-state index contributed by atoms with van der Waals surface area (Å²) in [6.07, 6.45) is 0. The first kappa shape index (κ1) is 31.4. The molecule has 0 spiro atoms. The second-order valence-electron chi connectivity index (χ2n) is 2.36. The minimum absolute atomic E-state index is 0. The van der Waals surface area contributed by atoms with Crippen LogP contribution in [0.1, 0.15) is 0 Å². The van der Waals surface area contributed by atoms with E-state index in [2.05, 4.69) is 0 Å². The maximum Gasteiger partial charge on any atom is 3.00 e. The number of aliphatic carboxylic acids is 3. The second kappa shape index (κ2) is 12.9. The molecule has 0 aromatic carbocycles. The number of carbonyl (C=O) groups is 3. The number of rotatable bonds is 0. The van der Waals surface area contributed by atoms with Crippen molar-refractivity contribution in [1.82, 2.24) is 0 Å². The Bertz CT molecular complexity index is 313. The smallest absolute Gasteiger partial charge is 0.545 e. The molecule has 0 amide bonds. The Morgan fingerprint density at radius 2 is 0.545 bits per heavy atom. The molecule has 0 aliphatic heterocycles. The Labute approximate surface area is 181 Å². The van der Waals surface area contributed by atoms with Gasteiger partial charge in [0.05, 0.1) is 17.9 Å². The fraction of sp³-hybridized carbons (Fsp3) is 0.500. The van der Waals surface area contributed by atoms with Crippen LogP contribution in [0.15, 0.2) is 0 Å². The Morgan fingerprint density at radius 3 is 0.545 bits per heavy atom. The van der Waals surface area contributed by atoms with Crippen molar-refractivity contribution in [2.75, 3.05) is 0 Å². The molecule has 0 aliphatic carbocycles. The van der Waals surface area contributed by atoms with Crippen LogP contribution in [0.3, 0.4) is 0 Å². The SMILES string of the molecule is O=C([O-])C(Cl)(Cl)Cl.O=C([O-])C(Cl)(Cl)Cl.O=C([O-])C(Cl)(Cl)Cl.[Ga+3]. The van der Waals surface area contributed by atoms with E-state index in [0.29, 0.717) is 0 Å².